The Balaban J connectivity index is 2.68. The fourth-order valence-corrected chi connectivity index (χ4v) is 1.73. The molecule has 0 aliphatic heterocycles. The maximum atomic E-state index is 11.7. The van der Waals surface area contributed by atoms with Crippen molar-refractivity contribution in [1.29, 1.82) is 0 Å². The van der Waals surface area contributed by atoms with E-state index in [0.29, 0.717) is 0 Å². The van der Waals surface area contributed by atoms with Crippen LogP contribution in [0.3, 0.4) is 0 Å². The fourth-order valence-electron chi connectivity index (χ4n) is 1.73. The molecular weight excluding hydrogens is 232 g/mol. The van der Waals surface area contributed by atoms with E-state index in [-0.39, 0.29) is 11.1 Å². The van der Waals surface area contributed by atoms with Gasteiger partial charge in [-0.2, -0.15) is 0 Å². The molecule has 0 heterocycles. The van der Waals surface area contributed by atoms with Gasteiger partial charge >= 0.3 is 11.9 Å². The van der Waals surface area contributed by atoms with Crippen LogP contribution >= 0.6 is 0 Å². The van der Waals surface area contributed by atoms with Gasteiger partial charge in [-0.15, -0.1) is 0 Å². The molecular formula is C14H10O4. The van der Waals surface area contributed by atoms with Gasteiger partial charge in [0.25, 0.3) is 0 Å². The standard InChI is InChI=1S/C14H10O4/c1-2-18-14(17)12-8-10-6-4-3-5-9(10)7-11(12)13(15)16/h2-8H,1H2,(H,15,16). The Kier molecular flexibility index (Phi) is 3.10. The number of hydrogen-bond acceptors (Lipinski definition) is 3. The topological polar surface area (TPSA) is 63.6 Å². The molecule has 0 spiro atoms. The Hall–Kier alpha value is -2.62. The molecule has 0 aliphatic rings. The predicted octanol–water partition coefficient (Wildman–Crippen LogP) is 2.84. The Labute approximate surface area is 103 Å². The minimum absolute atomic E-state index is 0.0149. The van der Waals surface area contributed by atoms with E-state index in [0.717, 1.165) is 17.0 Å². The number of esters is 1. The summed E-state index contributed by atoms with van der Waals surface area (Å²) in [5.74, 6) is -1.90. The van der Waals surface area contributed by atoms with Gasteiger partial charge in [0.2, 0.25) is 0 Å². The number of ether oxygens (including phenoxy) is 1. The molecule has 2 aromatic rings. The zero-order valence-electron chi connectivity index (χ0n) is 9.42. The molecule has 2 aromatic carbocycles. The van der Waals surface area contributed by atoms with E-state index in [2.05, 4.69) is 11.3 Å². The van der Waals surface area contributed by atoms with Crippen LogP contribution in [0, 0.1) is 0 Å². The molecule has 0 fully saturated rings. The SMILES string of the molecule is C=COC(=O)c1cc2ccccc2cc1C(=O)O. The smallest absolute Gasteiger partial charge is 0.343 e. The molecule has 2 rings (SSSR count). The second-order valence-corrected chi connectivity index (χ2v) is 3.62. The van der Waals surface area contributed by atoms with Gasteiger partial charge in [-0.25, -0.2) is 9.59 Å². The number of rotatable bonds is 3. The summed E-state index contributed by atoms with van der Waals surface area (Å²) in [6.07, 6.45) is 0.975. The number of fused-ring (bicyclic) bond motifs is 1. The summed E-state index contributed by atoms with van der Waals surface area (Å²) < 4.78 is 4.63. The highest BCUT2D eigenvalue weighted by atomic mass is 16.5. The first-order valence-electron chi connectivity index (χ1n) is 5.21. The second kappa shape index (κ2) is 4.71. The summed E-state index contributed by atoms with van der Waals surface area (Å²) in [6, 6.07) is 10.2. The van der Waals surface area contributed by atoms with Gasteiger partial charge in [-0.05, 0) is 22.9 Å². The number of hydrogen-bond donors (Lipinski definition) is 1. The maximum Gasteiger partial charge on any atom is 0.343 e. The van der Waals surface area contributed by atoms with Crippen LogP contribution in [0.4, 0.5) is 0 Å². The number of carboxylic acids is 1. The Morgan fingerprint density at radius 1 is 1.11 bits per heavy atom. The van der Waals surface area contributed by atoms with Gasteiger partial charge in [-0.3, -0.25) is 0 Å². The fraction of sp³-hybridized carbons (Fsp3) is 0. The largest absolute Gasteiger partial charge is 0.478 e. The molecule has 0 bridgehead atoms. The quantitative estimate of drug-likeness (QED) is 0.664. The third-order valence-corrected chi connectivity index (χ3v) is 2.53. The van der Waals surface area contributed by atoms with E-state index >= 15 is 0 Å². The highest BCUT2D eigenvalue weighted by Gasteiger charge is 2.18. The summed E-state index contributed by atoms with van der Waals surface area (Å²) in [5, 5.41) is 10.6. The van der Waals surface area contributed by atoms with Crippen molar-refractivity contribution < 1.29 is 19.4 Å². The van der Waals surface area contributed by atoms with Crippen LogP contribution in [0.25, 0.3) is 10.8 Å². The minimum atomic E-state index is -1.17. The highest BCUT2D eigenvalue weighted by Crippen LogP contribution is 2.21. The molecule has 0 aromatic heterocycles. The molecule has 1 N–H and O–H groups in total. The van der Waals surface area contributed by atoms with Gasteiger partial charge in [0.05, 0.1) is 17.4 Å². The van der Waals surface area contributed by atoms with Gasteiger partial charge in [-0.1, -0.05) is 30.8 Å². The number of benzene rings is 2. The van der Waals surface area contributed by atoms with Crippen LogP contribution in [0.2, 0.25) is 0 Å². The van der Waals surface area contributed by atoms with Crippen molar-refractivity contribution in [3.63, 3.8) is 0 Å². The van der Waals surface area contributed by atoms with E-state index in [1.165, 1.54) is 12.1 Å². The Morgan fingerprint density at radius 3 is 2.17 bits per heavy atom. The lowest BCUT2D eigenvalue weighted by atomic mass is 10.0. The number of carbonyl (C=O) groups excluding carboxylic acids is 1. The van der Waals surface area contributed by atoms with Crippen molar-refractivity contribution >= 4 is 22.7 Å². The van der Waals surface area contributed by atoms with Crippen molar-refractivity contribution in [3.05, 3.63) is 60.4 Å². The summed E-state index contributed by atoms with van der Waals surface area (Å²) in [5.41, 5.74) is -0.0679. The lowest BCUT2D eigenvalue weighted by molar-refractivity contribution is 0.0633. The third-order valence-electron chi connectivity index (χ3n) is 2.53. The highest BCUT2D eigenvalue weighted by molar-refractivity contribution is 6.06. The average Bonchev–Trinajstić information content (AvgIpc) is 2.37. The summed E-state index contributed by atoms with van der Waals surface area (Å²) >= 11 is 0. The minimum Gasteiger partial charge on any atom is -0.478 e. The molecule has 0 aliphatic carbocycles. The molecule has 4 nitrogen and oxygen atoms in total. The summed E-state index contributed by atoms with van der Waals surface area (Å²) in [6.45, 7) is 3.27. The zero-order valence-corrected chi connectivity index (χ0v) is 9.42. The van der Waals surface area contributed by atoms with Crippen molar-refractivity contribution in [2.45, 2.75) is 0 Å². The molecule has 0 radical (unpaired) electrons. The molecule has 0 atom stereocenters. The monoisotopic (exact) mass is 242 g/mol. The first-order chi connectivity index (χ1) is 8.63. The van der Waals surface area contributed by atoms with E-state index < -0.39 is 11.9 Å². The molecule has 90 valence electrons. The van der Waals surface area contributed by atoms with Crippen molar-refractivity contribution in [2.75, 3.05) is 0 Å². The molecule has 4 heteroatoms. The van der Waals surface area contributed by atoms with Crippen molar-refractivity contribution in [2.24, 2.45) is 0 Å². The Bertz CT molecular complexity index is 643. The van der Waals surface area contributed by atoms with E-state index in [1.807, 2.05) is 6.07 Å². The Morgan fingerprint density at radius 2 is 1.67 bits per heavy atom. The summed E-state index contributed by atoms with van der Waals surface area (Å²) in [7, 11) is 0. The van der Waals surface area contributed by atoms with E-state index in [4.69, 9.17) is 5.11 Å². The van der Waals surface area contributed by atoms with Crippen molar-refractivity contribution in [3.8, 4) is 0 Å². The van der Waals surface area contributed by atoms with Gasteiger partial charge in [0.1, 0.15) is 0 Å². The molecule has 0 saturated carbocycles. The first-order valence-corrected chi connectivity index (χ1v) is 5.21. The van der Waals surface area contributed by atoms with E-state index in [9.17, 15) is 9.59 Å². The average molecular weight is 242 g/mol. The number of aromatic carboxylic acids is 1. The molecule has 0 amide bonds. The molecule has 18 heavy (non-hydrogen) atoms. The van der Waals surface area contributed by atoms with Crippen LogP contribution in [-0.4, -0.2) is 17.0 Å². The first kappa shape index (κ1) is 11.9. The number of carboxylic acid groups (broad SMARTS) is 1. The van der Waals surface area contributed by atoms with Crippen LogP contribution in [-0.2, 0) is 4.74 Å². The van der Waals surface area contributed by atoms with Crippen molar-refractivity contribution in [1.82, 2.24) is 0 Å². The number of carbonyl (C=O) groups is 2. The predicted molar refractivity (Wildman–Crippen MR) is 66.5 cm³/mol. The maximum absolute atomic E-state index is 11.7. The third kappa shape index (κ3) is 2.08. The molecule has 0 saturated heterocycles. The second-order valence-electron chi connectivity index (χ2n) is 3.62. The zero-order chi connectivity index (χ0) is 13.1. The molecule has 0 unspecified atom stereocenters. The lowest BCUT2D eigenvalue weighted by Crippen LogP contribution is -2.09. The van der Waals surface area contributed by atoms with Crippen LogP contribution in [0.15, 0.2) is 49.2 Å². The van der Waals surface area contributed by atoms with Crippen LogP contribution in [0.1, 0.15) is 20.7 Å². The van der Waals surface area contributed by atoms with Crippen LogP contribution in [0.5, 0.6) is 0 Å². The van der Waals surface area contributed by atoms with Crippen LogP contribution < -0.4 is 0 Å². The summed E-state index contributed by atoms with van der Waals surface area (Å²) in [4.78, 5) is 22.8. The lowest BCUT2D eigenvalue weighted by Gasteiger charge is -2.06. The van der Waals surface area contributed by atoms with Gasteiger partial charge in [0, 0.05) is 0 Å². The van der Waals surface area contributed by atoms with E-state index in [1.54, 1.807) is 18.2 Å². The van der Waals surface area contributed by atoms with Gasteiger partial charge < -0.3 is 9.84 Å². The van der Waals surface area contributed by atoms with Gasteiger partial charge in [0.15, 0.2) is 0 Å². The normalized spacial score (nSPS) is 10.0.